The molecule has 0 radical (unpaired) electrons. The first-order valence-corrected chi connectivity index (χ1v) is 9.56. The molecule has 0 aliphatic heterocycles. The van der Waals surface area contributed by atoms with Crippen molar-refractivity contribution >= 4 is 43.6 Å². The van der Waals surface area contributed by atoms with Crippen LogP contribution in [-0.2, 0) is 18.3 Å². The van der Waals surface area contributed by atoms with Crippen LogP contribution in [0.1, 0.15) is 12.1 Å². The zero-order valence-electron chi connectivity index (χ0n) is 15.4. The number of nitrogens with zero attached hydrogens (tertiary/aromatic N) is 3. The van der Waals surface area contributed by atoms with E-state index < -0.39 is 0 Å². The normalized spacial score (nSPS) is 11.1. The second-order valence-corrected chi connectivity index (χ2v) is 7.34. The third kappa shape index (κ3) is 3.46. The van der Waals surface area contributed by atoms with E-state index in [0.717, 1.165) is 27.0 Å². The molecule has 0 aliphatic rings. The lowest BCUT2D eigenvalue weighted by Crippen LogP contribution is -2.24. The van der Waals surface area contributed by atoms with E-state index in [4.69, 9.17) is 4.74 Å². The van der Waals surface area contributed by atoms with Gasteiger partial charge in [0.25, 0.3) is 5.56 Å². The molecular formula is C20H18N4O3S. The number of hydrogen-bond acceptors (Lipinski definition) is 6. The molecule has 0 saturated heterocycles. The van der Waals surface area contributed by atoms with Crippen molar-refractivity contribution in [3.8, 4) is 5.75 Å². The van der Waals surface area contributed by atoms with Gasteiger partial charge in [0.2, 0.25) is 5.91 Å². The Morgan fingerprint density at radius 1 is 1.18 bits per heavy atom. The van der Waals surface area contributed by atoms with Crippen molar-refractivity contribution in [2.24, 2.45) is 7.05 Å². The highest BCUT2D eigenvalue weighted by Gasteiger charge is 2.12. The molecule has 1 amide bonds. The third-order valence-electron chi connectivity index (χ3n) is 4.48. The van der Waals surface area contributed by atoms with Crippen LogP contribution in [0.5, 0.6) is 5.75 Å². The predicted molar refractivity (Wildman–Crippen MR) is 110 cm³/mol. The Morgan fingerprint density at radius 3 is 2.82 bits per heavy atom. The first-order valence-electron chi connectivity index (χ1n) is 8.74. The maximum absolute atomic E-state index is 12.5. The van der Waals surface area contributed by atoms with Crippen LogP contribution in [0.25, 0.3) is 21.3 Å². The second-order valence-electron chi connectivity index (χ2n) is 6.31. The molecule has 2 heterocycles. The first kappa shape index (κ1) is 18.1. The number of amides is 1. The standard InChI is InChI=1S/C20H18N4O3S/c1-24-16-6-4-3-5-13(16)21-15(19(24)26)9-10-18(25)23-20-22-14-8-7-12(27-2)11-17(14)28-20/h3-8,11H,9-10H2,1-2H3,(H,22,23,25). The minimum atomic E-state index is -0.206. The van der Waals surface area contributed by atoms with Crippen LogP contribution in [0.4, 0.5) is 5.13 Å². The summed E-state index contributed by atoms with van der Waals surface area (Å²) >= 11 is 1.38. The number of anilines is 1. The molecule has 28 heavy (non-hydrogen) atoms. The number of carbonyl (C=O) groups is 1. The van der Waals surface area contributed by atoms with Gasteiger partial charge in [0, 0.05) is 19.9 Å². The number of para-hydroxylation sites is 2. The highest BCUT2D eigenvalue weighted by atomic mass is 32.1. The molecule has 2 aromatic carbocycles. The molecule has 0 saturated carbocycles. The molecule has 2 aromatic heterocycles. The molecule has 7 nitrogen and oxygen atoms in total. The molecule has 0 spiro atoms. The summed E-state index contributed by atoms with van der Waals surface area (Å²) in [6.45, 7) is 0. The van der Waals surface area contributed by atoms with Gasteiger partial charge in [0.05, 0.1) is 28.4 Å². The molecule has 0 unspecified atom stereocenters. The van der Waals surface area contributed by atoms with Crippen LogP contribution in [0, 0.1) is 0 Å². The van der Waals surface area contributed by atoms with Gasteiger partial charge in [-0.15, -0.1) is 0 Å². The molecule has 0 fully saturated rings. The lowest BCUT2D eigenvalue weighted by atomic mass is 10.2. The summed E-state index contributed by atoms with van der Waals surface area (Å²) in [6.07, 6.45) is 0.419. The quantitative estimate of drug-likeness (QED) is 0.562. The molecule has 142 valence electrons. The molecule has 8 heteroatoms. The van der Waals surface area contributed by atoms with Crippen LogP contribution in [0.2, 0.25) is 0 Å². The van der Waals surface area contributed by atoms with Gasteiger partial charge >= 0.3 is 0 Å². The lowest BCUT2D eigenvalue weighted by molar-refractivity contribution is -0.116. The van der Waals surface area contributed by atoms with E-state index in [1.807, 2.05) is 42.5 Å². The van der Waals surface area contributed by atoms with Gasteiger partial charge in [-0.05, 0) is 30.3 Å². The number of ether oxygens (including phenoxy) is 1. The van der Waals surface area contributed by atoms with Crippen molar-refractivity contribution in [1.82, 2.24) is 14.5 Å². The average Bonchev–Trinajstić information content (AvgIpc) is 3.10. The molecule has 4 aromatic rings. The fraction of sp³-hybridized carbons (Fsp3) is 0.200. The summed E-state index contributed by atoms with van der Waals surface area (Å²) in [5.74, 6) is 0.537. The fourth-order valence-electron chi connectivity index (χ4n) is 3.00. The maximum atomic E-state index is 12.5. The van der Waals surface area contributed by atoms with Crippen LogP contribution < -0.4 is 15.6 Å². The summed E-state index contributed by atoms with van der Waals surface area (Å²) in [5.41, 5.74) is 2.50. The summed E-state index contributed by atoms with van der Waals surface area (Å²) in [4.78, 5) is 33.7. The van der Waals surface area contributed by atoms with E-state index >= 15 is 0 Å². The van der Waals surface area contributed by atoms with Gasteiger partial charge in [-0.2, -0.15) is 0 Å². The van der Waals surface area contributed by atoms with Gasteiger partial charge in [-0.1, -0.05) is 23.5 Å². The van der Waals surface area contributed by atoms with Gasteiger partial charge < -0.3 is 14.6 Å². The lowest BCUT2D eigenvalue weighted by Gasteiger charge is -2.07. The smallest absolute Gasteiger partial charge is 0.272 e. The third-order valence-corrected chi connectivity index (χ3v) is 5.41. The maximum Gasteiger partial charge on any atom is 0.272 e. The van der Waals surface area contributed by atoms with Crippen molar-refractivity contribution in [2.45, 2.75) is 12.8 Å². The summed E-state index contributed by atoms with van der Waals surface area (Å²) in [7, 11) is 3.32. The largest absolute Gasteiger partial charge is 0.497 e. The number of aryl methyl sites for hydroxylation is 2. The number of aromatic nitrogens is 3. The topological polar surface area (TPSA) is 86.1 Å². The van der Waals surface area contributed by atoms with Crippen molar-refractivity contribution in [2.75, 3.05) is 12.4 Å². The highest BCUT2D eigenvalue weighted by Crippen LogP contribution is 2.29. The summed E-state index contributed by atoms with van der Waals surface area (Å²) in [5, 5.41) is 3.32. The Morgan fingerprint density at radius 2 is 2.00 bits per heavy atom. The van der Waals surface area contributed by atoms with E-state index in [-0.39, 0.29) is 24.3 Å². The van der Waals surface area contributed by atoms with Gasteiger partial charge in [-0.3, -0.25) is 9.59 Å². The van der Waals surface area contributed by atoms with Gasteiger partial charge in [0.1, 0.15) is 11.4 Å². The number of nitrogens with one attached hydrogen (secondary N) is 1. The molecule has 4 rings (SSSR count). The van der Waals surface area contributed by atoms with Gasteiger partial charge in [0.15, 0.2) is 5.13 Å². The molecular weight excluding hydrogens is 376 g/mol. The Balaban J connectivity index is 1.48. The van der Waals surface area contributed by atoms with Crippen LogP contribution in [-0.4, -0.2) is 27.6 Å². The Labute approximate surface area is 164 Å². The van der Waals surface area contributed by atoms with Gasteiger partial charge in [-0.25, -0.2) is 9.97 Å². The number of hydrogen-bond donors (Lipinski definition) is 1. The van der Waals surface area contributed by atoms with Crippen molar-refractivity contribution in [1.29, 1.82) is 0 Å². The van der Waals surface area contributed by atoms with Crippen molar-refractivity contribution in [3.63, 3.8) is 0 Å². The Kier molecular flexibility index (Phi) is 4.79. The van der Waals surface area contributed by atoms with Crippen LogP contribution in [0.15, 0.2) is 47.3 Å². The van der Waals surface area contributed by atoms with E-state index in [0.29, 0.717) is 10.8 Å². The van der Waals surface area contributed by atoms with Crippen LogP contribution >= 0.6 is 11.3 Å². The van der Waals surface area contributed by atoms with Crippen molar-refractivity contribution in [3.05, 3.63) is 58.5 Å². The van der Waals surface area contributed by atoms with E-state index in [1.54, 1.807) is 18.7 Å². The number of thiazole rings is 1. The Hall–Kier alpha value is -3.26. The zero-order chi connectivity index (χ0) is 19.7. The number of benzene rings is 2. The number of fused-ring (bicyclic) bond motifs is 2. The Bertz CT molecular complexity index is 1250. The highest BCUT2D eigenvalue weighted by molar-refractivity contribution is 7.22. The number of carbonyl (C=O) groups excluding carboxylic acids is 1. The van der Waals surface area contributed by atoms with E-state index in [1.165, 1.54) is 11.3 Å². The number of rotatable bonds is 5. The zero-order valence-corrected chi connectivity index (χ0v) is 16.2. The van der Waals surface area contributed by atoms with E-state index in [9.17, 15) is 9.59 Å². The first-order chi connectivity index (χ1) is 13.5. The molecule has 1 N–H and O–H groups in total. The van der Waals surface area contributed by atoms with Crippen LogP contribution in [0.3, 0.4) is 0 Å². The summed E-state index contributed by atoms with van der Waals surface area (Å²) < 4.78 is 7.70. The minimum absolute atomic E-state index is 0.153. The fourth-order valence-corrected chi connectivity index (χ4v) is 3.91. The van der Waals surface area contributed by atoms with Crippen molar-refractivity contribution < 1.29 is 9.53 Å². The average molecular weight is 394 g/mol. The minimum Gasteiger partial charge on any atom is -0.497 e. The van der Waals surface area contributed by atoms with E-state index in [2.05, 4.69) is 15.3 Å². The number of methoxy groups -OCH3 is 1. The summed E-state index contributed by atoms with van der Waals surface area (Å²) in [6, 6.07) is 13.0. The monoisotopic (exact) mass is 394 g/mol. The SMILES string of the molecule is COc1ccc2nc(NC(=O)CCc3nc4ccccc4n(C)c3=O)sc2c1. The molecule has 0 atom stereocenters. The second kappa shape index (κ2) is 7.40. The molecule has 0 aliphatic carbocycles. The molecule has 0 bridgehead atoms. The predicted octanol–water partition coefficient (Wildman–Crippen LogP) is 3.12.